The lowest BCUT2D eigenvalue weighted by atomic mass is 10.2. The van der Waals surface area contributed by atoms with Crippen LogP contribution in [0.3, 0.4) is 0 Å². The molecule has 0 atom stereocenters. The fourth-order valence-electron chi connectivity index (χ4n) is 1.38. The van der Waals surface area contributed by atoms with Crippen molar-refractivity contribution in [1.82, 2.24) is 0 Å². The second kappa shape index (κ2) is 5.91. The highest BCUT2D eigenvalue weighted by atomic mass is 79.9. The lowest BCUT2D eigenvalue weighted by molar-refractivity contribution is 0.305. The third-order valence-electron chi connectivity index (χ3n) is 2.29. The quantitative estimate of drug-likeness (QED) is 0.713. The predicted octanol–water partition coefficient (Wildman–Crippen LogP) is 5.47. The normalized spacial score (nSPS) is 10.4. The molecular formula is C13H8BrCl2FO. The smallest absolute Gasteiger partial charge is 0.137 e. The molecule has 0 aliphatic carbocycles. The summed E-state index contributed by atoms with van der Waals surface area (Å²) in [6.07, 6.45) is 0. The van der Waals surface area contributed by atoms with E-state index in [1.54, 1.807) is 30.3 Å². The molecule has 0 N–H and O–H groups in total. The van der Waals surface area contributed by atoms with Crippen molar-refractivity contribution in [2.75, 3.05) is 0 Å². The van der Waals surface area contributed by atoms with Gasteiger partial charge >= 0.3 is 0 Å². The molecule has 0 amide bonds. The van der Waals surface area contributed by atoms with Crippen LogP contribution in [0.15, 0.2) is 40.9 Å². The van der Waals surface area contributed by atoms with Crippen molar-refractivity contribution in [2.45, 2.75) is 6.61 Å². The summed E-state index contributed by atoms with van der Waals surface area (Å²) in [5.41, 5.74) is 0.782. The Morgan fingerprint density at radius 1 is 1.11 bits per heavy atom. The number of halogens is 4. The predicted molar refractivity (Wildman–Crippen MR) is 74.9 cm³/mol. The van der Waals surface area contributed by atoms with Gasteiger partial charge < -0.3 is 4.74 Å². The summed E-state index contributed by atoms with van der Waals surface area (Å²) in [5, 5.41) is 1.18. The van der Waals surface area contributed by atoms with E-state index >= 15 is 0 Å². The molecule has 0 spiro atoms. The molecule has 0 aliphatic rings. The van der Waals surface area contributed by atoms with Crippen LogP contribution < -0.4 is 4.74 Å². The van der Waals surface area contributed by atoms with E-state index in [0.717, 1.165) is 5.56 Å². The molecule has 0 fully saturated rings. The van der Waals surface area contributed by atoms with Gasteiger partial charge in [-0.3, -0.25) is 0 Å². The molecule has 0 bridgehead atoms. The average Bonchev–Trinajstić information content (AvgIpc) is 2.34. The van der Waals surface area contributed by atoms with Crippen molar-refractivity contribution in [3.63, 3.8) is 0 Å². The van der Waals surface area contributed by atoms with Gasteiger partial charge in [0.05, 0.1) is 4.47 Å². The van der Waals surface area contributed by atoms with E-state index in [1.165, 1.54) is 6.07 Å². The molecule has 2 aromatic carbocycles. The SMILES string of the molecule is Fc1ccc(OCc2cc(Cl)ccc2Cl)cc1Br. The third-order valence-corrected chi connectivity index (χ3v) is 3.50. The number of rotatable bonds is 3. The van der Waals surface area contributed by atoms with Crippen LogP contribution in [-0.4, -0.2) is 0 Å². The van der Waals surface area contributed by atoms with Crippen LogP contribution in [0, 0.1) is 5.82 Å². The van der Waals surface area contributed by atoms with Gasteiger partial charge in [-0.05, 0) is 52.3 Å². The Kier molecular flexibility index (Phi) is 4.49. The van der Waals surface area contributed by atoms with Crippen molar-refractivity contribution in [3.8, 4) is 5.75 Å². The maximum absolute atomic E-state index is 13.0. The first-order valence-electron chi connectivity index (χ1n) is 5.08. The van der Waals surface area contributed by atoms with E-state index in [1.807, 2.05) is 0 Å². The van der Waals surface area contributed by atoms with E-state index in [4.69, 9.17) is 27.9 Å². The fourth-order valence-corrected chi connectivity index (χ4v) is 2.11. The standard InChI is InChI=1S/C13H8BrCl2FO/c14-11-6-10(2-4-13(11)17)18-7-8-5-9(15)1-3-12(8)16/h1-6H,7H2. The van der Waals surface area contributed by atoms with Crippen LogP contribution in [0.4, 0.5) is 4.39 Å². The molecule has 2 aromatic rings. The number of hydrogen-bond acceptors (Lipinski definition) is 1. The highest BCUT2D eigenvalue weighted by molar-refractivity contribution is 9.10. The van der Waals surface area contributed by atoms with E-state index in [9.17, 15) is 4.39 Å². The molecule has 0 aliphatic heterocycles. The summed E-state index contributed by atoms with van der Waals surface area (Å²) in [7, 11) is 0. The highest BCUT2D eigenvalue weighted by Gasteiger charge is 2.05. The minimum Gasteiger partial charge on any atom is -0.489 e. The van der Waals surface area contributed by atoms with E-state index < -0.39 is 0 Å². The van der Waals surface area contributed by atoms with Gasteiger partial charge in [0.15, 0.2) is 0 Å². The van der Waals surface area contributed by atoms with Crippen molar-refractivity contribution in [1.29, 1.82) is 0 Å². The summed E-state index contributed by atoms with van der Waals surface area (Å²) in [5.74, 6) is 0.224. The van der Waals surface area contributed by atoms with Crippen LogP contribution in [0.5, 0.6) is 5.75 Å². The zero-order valence-electron chi connectivity index (χ0n) is 9.09. The van der Waals surface area contributed by atoms with E-state index in [2.05, 4.69) is 15.9 Å². The zero-order valence-corrected chi connectivity index (χ0v) is 12.2. The molecule has 18 heavy (non-hydrogen) atoms. The van der Waals surface area contributed by atoms with Gasteiger partial charge in [-0.2, -0.15) is 0 Å². The minimum absolute atomic E-state index is 0.275. The number of hydrogen-bond donors (Lipinski definition) is 0. The minimum atomic E-state index is -0.330. The molecule has 5 heteroatoms. The van der Waals surface area contributed by atoms with Crippen LogP contribution in [0.1, 0.15) is 5.56 Å². The summed E-state index contributed by atoms with van der Waals surface area (Å²) >= 11 is 15.0. The van der Waals surface area contributed by atoms with Crippen LogP contribution in [-0.2, 0) is 6.61 Å². The zero-order chi connectivity index (χ0) is 13.1. The topological polar surface area (TPSA) is 9.23 Å². The second-order valence-corrected chi connectivity index (χ2v) is 5.30. The molecule has 2 rings (SSSR count). The fraction of sp³-hybridized carbons (Fsp3) is 0.0769. The van der Waals surface area contributed by atoms with Gasteiger partial charge in [0.25, 0.3) is 0 Å². The molecule has 0 unspecified atom stereocenters. The Morgan fingerprint density at radius 2 is 1.89 bits per heavy atom. The lowest BCUT2D eigenvalue weighted by Gasteiger charge is -2.08. The Bertz CT molecular complexity index is 575. The van der Waals surface area contributed by atoms with Crippen LogP contribution in [0.2, 0.25) is 10.0 Å². The summed E-state index contributed by atoms with van der Waals surface area (Å²) < 4.78 is 18.9. The van der Waals surface area contributed by atoms with Gasteiger partial charge in [-0.15, -0.1) is 0 Å². The molecular weight excluding hydrogens is 342 g/mol. The maximum atomic E-state index is 13.0. The van der Waals surface area contributed by atoms with Crippen LogP contribution in [0.25, 0.3) is 0 Å². The third kappa shape index (κ3) is 3.37. The number of benzene rings is 2. The van der Waals surface area contributed by atoms with Gasteiger partial charge in [-0.25, -0.2) is 4.39 Å². The highest BCUT2D eigenvalue weighted by Crippen LogP contribution is 2.25. The first-order valence-corrected chi connectivity index (χ1v) is 6.63. The Morgan fingerprint density at radius 3 is 2.61 bits per heavy atom. The van der Waals surface area contributed by atoms with Crippen molar-refractivity contribution in [3.05, 3.63) is 62.3 Å². The molecule has 0 aromatic heterocycles. The largest absolute Gasteiger partial charge is 0.489 e. The van der Waals surface area contributed by atoms with Crippen molar-refractivity contribution >= 4 is 39.1 Å². The van der Waals surface area contributed by atoms with Gasteiger partial charge in [0.1, 0.15) is 18.2 Å². The Balaban J connectivity index is 2.11. The summed E-state index contributed by atoms with van der Waals surface area (Å²) in [6, 6.07) is 9.61. The lowest BCUT2D eigenvalue weighted by Crippen LogP contribution is -1.96. The molecule has 0 radical (unpaired) electrons. The second-order valence-electron chi connectivity index (χ2n) is 3.60. The molecule has 1 nitrogen and oxygen atoms in total. The van der Waals surface area contributed by atoms with Gasteiger partial charge in [-0.1, -0.05) is 23.2 Å². The van der Waals surface area contributed by atoms with E-state index in [-0.39, 0.29) is 12.4 Å². The Hall–Kier alpha value is -0.770. The first kappa shape index (κ1) is 13.7. The maximum Gasteiger partial charge on any atom is 0.137 e. The molecule has 0 saturated heterocycles. The van der Waals surface area contributed by atoms with E-state index in [0.29, 0.717) is 20.3 Å². The summed E-state index contributed by atoms with van der Waals surface area (Å²) in [6.45, 7) is 0.275. The number of ether oxygens (including phenoxy) is 1. The van der Waals surface area contributed by atoms with Crippen molar-refractivity contribution in [2.24, 2.45) is 0 Å². The molecule has 94 valence electrons. The monoisotopic (exact) mass is 348 g/mol. The van der Waals surface area contributed by atoms with Crippen molar-refractivity contribution < 1.29 is 9.13 Å². The molecule has 0 saturated carbocycles. The summed E-state index contributed by atoms with van der Waals surface area (Å²) in [4.78, 5) is 0. The van der Waals surface area contributed by atoms with Gasteiger partial charge in [0, 0.05) is 15.6 Å². The first-order chi connectivity index (χ1) is 8.56. The average molecular weight is 350 g/mol. The van der Waals surface area contributed by atoms with Crippen LogP contribution >= 0.6 is 39.1 Å². The molecule has 0 heterocycles. The Labute approximate surface area is 123 Å². The van der Waals surface area contributed by atoms with Gasteiger partial charge in [0.2, 0.25) is 0 Å².